The van der Waals surface area contributed by atoms with Crippen LogP contribution >= 0.6 is 0 Å². The molecule has 0 saturated heterocycles. The molecule has 2 aromatic carbocycles. The minimum atomic E-state index is -3.70. The van der Waals surface area contributed by atoms with Crippen LogP contribution < -0.4 is 11.1 Å². The number of hydrogen-bond acceptors (Lipinski definition) is 5. The second-order valence-corrected chi connectivity index (χ2v) is 12.3. The SMILES string of the molecule is COCC1(C(=O)N[C@H](CCN(CC(C)C)S(=O)(=O)c2ccc(N)cc2)Cc2ccccc2)CCCC1. The number of methoxy groups -OCH3 is 1. The number of carbonyl (C=O) groups is 1. The molecule has 1 amide bonds. The van der Waals surface area contributed by atoms with Crippen molar-refractivity contribution in [3.05, 3.63) is 60.2 Å². The molecule has 0 spiro atoms. The highest BCUT2D eigenvalue weighted by Gasteiger charge is 2.42. The van der Waals surface area contributed by atoms with Crippen LogP contribution in [-0.4, -0.2) is 51.5 Å². The Kier molecular flexibility index (Phi) is 9.93. The van der Waals surface area contributed by atoms with Gasteiger partial charge in [-0.15, -0.1) is 0 Å². The van der Waals surface area contributed by atoms with Crippen molar-refractivity contribution in [2.75, 3.05) is 32.5 Å². The van der Waals surface area contributed by atoms with Crippen LogP contribution in [0.2, 0.25) is 0 Å². The lowest BCUT2D eigenvalue weighted by Crippen LogP contribution is -2.48. The second kappa shape index (κ2) is 12.7. The Morgan fingerprint density at radius 3 is 2.31 bits per heavy atom. The van der Waals surface area contributed by atoms with Crippen molar-refractivity contribution in [1.29, 1.82) is 0 Å². The number of benzene rings is 2. The van der Waals surface area contributed by atoms with Gasteiger partial charge >= 0.3 is 0 Å². The monoisotopic (exact) mass is 515 g/mol. The molecule has 198 valence electrons. The molecule has 3 N–H and O–H groups in total. The number of nitrogens with two attached hydrogens (primary N) is 1. The Morgan fingerprint density at radius 2 is 1.72 bits per heavy atom. The fourth-order valence-corrected chi connectivity index (χ4v) is 6.65. The molecule has 1 fully saturated rings. The van der Waals surface area contributed by atoms with Crippen molar-refractivity contribution in [3.63, 3.8) is 0 Å². The molecule has 0 unspecified atom stereocenters. The Bertz CT molecular complexity index is 1070. The number of nitrogen functional groups attached to an aromatic ring is 1. The van der Waals surface area contributed by atoms with E-state index in [1.165, 1.54) is 4.31 Å². The quantitative estimate of drug-likeness (QED) is 0.389. The zero-order valence-corrected chi connectivity index (χ0v) is 22.6. The molecule has 1 atom stereocenters. The molecule has 0 heterocycles. The number of nitrogens with one attached hydrogen (secondary N) is 1. The predicted molar refractivity (Wildman–Crippen MR) is 144 cm³/mol. The normalized spacial score (nSPS) is 16.4. The highest BCUT2D eigenvalue weighted by atomic mass is 32.2. The molecule has 8 heteroatoms. The minimum absolute atomic E-state index is 0.0135. The number of ether oxygens (including phenoxy) is 1. The van der Waals surface area contributed by atoms with Crippen LogP contribution in [0.1, 0.15) is 51.5 Å². The van der Waals surface area contributed by atoms with Crippen LogP contribution in [0.15, 0.2) is 59.5 Å². The molecule has 2 aromatic rings. The summed E-state index contributed by atoms with van der Waals surface area (Å²) >= 11 is 0. The van der Waals surface area contributed by atoms with Gasteiger partial charge in [-0.1, -0.05) is 57.0 Å². The Hall–Kier alpha value is -2.42. The first-order chi connectivity index (χ1) is 17.2. The molecule has 0 aliphatic heterocycles. The van der Waals surface area contributed by atoms with Crippen LogP contribution in [0.4, 0.5) is 5.69 Å². The lowest BCUT2D eigenvalue weighted by molar-refractivity contribution is -0.134. The van der Waals surface area contributed by atoms with Gasteiger partial charge in [-0.05, 0) is 61.4 Å². The summed E-state index contributed by atoms with van der Waals surface area (Å²) in [5, 5.41) is 3.28. The molecule has 0 bridgehead atoms. The Balaban J connectivity index is 1.81. The van der Waals surface area contributed by atoms with E-state index in [-0.39, 0.29) is 22.8 Å². The third kappa shape index (κ3) is 7.31. The minimum Gasteiger partial charge on any atom is -0.399 e. The number of rotatable bonds is 13. The number of sulfonamides is 1. The summed E-state index contributed by atoms with van der Waals surface area (Å²) < 4.78 is 34.0. The zero-order chi connectivity index (χ0) is 26.2. The fraction of sp³-hybridized carbons (Fsp3) is 0.536. The van der Waals surface area contributed by atoms with Crippen LogP contribution in [0.5, 0.6) is 0 Å². The molecule has 7 nitrogen and oxygen atoms in total. The third-order valence-electron chi connectivity index (χ3n) is 6.94. The van der Waals surface area contributed by atoms with Crippen molar-refractivity contribution in [2.45, 2.75) is 63.3 Å². The van der Waals surface area contributed by atoms with Gasteiger partial charge in [0.25, 0.3) is 0 Å². The standard InChI is InChI=1S/C28H41N3O4S/c1-22(2)20-31(36(33,34)26-13-11-24(29)12-14-26)18-15-25(19-23-9-5-4-6-10-23)30-27(32)28(21-35-3)16-7-8-17-28/h4-6,9-14,22,25H,7-8,15-21,29H2,1-3H3,(H,30,32)/t25-/m1/s1. The number of nitrogens with zero attached hydrogens (tertiary/aromatic N) is 1. The zero-order valence-electron chi connectivity index (χ0n) is 21.8. The summed E-state index contributed by atoms with van der Waals surface area (Å²) in [6.45, 7) is 5.11. The van der Waals surface area contributed by atoms with E-state index in [0.29, 0.717) is 38.2 Å². The van der Waals surface area contributed by atoms with Crippen molar-refractivity contribution >= 4 is 21.6 Å². The van der Waals surface area contributed by atoms with Gasteiger partial charge in [0.05, 0.1) is 16.9 Å². The fourth-order valence-electron chi connectivity index (χ4n) is 5.03. The van der Waals surface area contributed by atoms with Gasteiger partial charge < -0.3 is 15.8 Å². The maximum Gasteiger partial charge on any atom is 0.243 e. The van der Waals surface area contributed by atoms with E-state index in [1.54, 1.807) is 31.4 Å². The maximum absolute atomic E-state index is 13.5. The van der Waals surface area contributed by atoms with Crippen molar-refractivity contribution in [2.24, 2.45) is 11.3 Å². The number of anilines is 1. The van der Waals surface area contributed by atoms with Gasteiger partial charge in [0, 0.05) is 31.9 Å². The van der Waals surface area contributed by atoms with Crippen LogP contribution in [0, 0.1) is 11.3 Å². The van der Waals surface area contributed by atoms with Gasteiger partial charge in [0.15, 0.2) is 0 Å². The average Bonchev–Trinajstić information content (AvgIpc) is 3.32. The molecular weight excluding hydrogens is 474 g/mol. The van der Waals surface area contributed by atoms with Crippen molar-refractivity contribution < 1.29 is 17.9 Å². The topological polar surface area (TPSA) is 102 Å². The maximum atomic E-state index is 13.5. The van der Waals surface area contributed by atoms with Crippen molar-refractivity contribution in [3.8, 4) is 0 Å². The highest BCUT2D eigenvalue weighted by Crippen LogP contribution is 2.38. The Morgan fingerprint density at radius 1 is 1.08 bits per heavy atom. The lowest BCUT2D eigenvalue weighted by Gasteiger charge is -2.31. The molecular formula is C28H41N3O4S. The molecule has 1 aliphatic rings. The second-order valence-electron chi connectivity index (χ2n) is 10.4. The first-order valence-electron chi connectivity index (χ1n) is 12.9. The summed E-state index contributed by atoms with van der Waals surface area (Å²) in [5.41, 5.74) is 6.89. The summed E-state index contributed by atoms with van der Waals surface area (Å²) in [7, 11) is -2.06. The van der Waals surface area contributed by atoms with Gasteiger partial charge in [0.1, 0.15) is 0 Å². The first kappa shape index (κ1) is 28.2. The summed E-state index contributed by atoms with van der Waals surface area (Å²) in [6.07, 6.45) is 4.80. The molecule has 1 saturated carbocycles. The van der Waals surface area contributed by atoms with Crippen LogP contribution in [0.3, 0.4) is 0 Å². The largest absolute Gasteiger partial charge is 0.399 e. The molecule has 0 radical (unpaired) electrons. The molecule has 0 aromatic heterocycles. The van der Waals surface area contributed by atoms with E-state index in [0.717, 1.165) is 31.2 Å². The number of amides is 1. The van der Waals surface area contributed by atoms with Crippen LogP contribution in [0.25, 0.3) is 0 Å². The van der Waals surface area contributed by atoms with E-state index in [4.69, 9.17) is 10.5 Å². The Labute approximate surface area is 216 Å². The number of hydrogen-bond donors (Lipinski definition) is 2. The van der Waals surface area contributed by atoms with Gasteiger partial charge in [0.2, 0.25) is 15.9 Å². The van der Waals surface area contributed by atoms with E-state index in [1.807, 2.05) is 44.2 Å². The summed E-state index contributed by atoms with van der Waals surface area (Å²) in [6, 6.07) is 16.1. The molecule has 3 rings (SSSR count). The van der Waals surface area contributed by atoms with Crippen molar-refractivity contribution in [1.82, 2.24) is 9.62 Å². The van der Waals surface area contributed by atoms with Gasteiger partial charge in [-0.2, -0.15) is 4.31 Å². The first-order valence-corrected chi connectivity index (χ1v) is 14.3. The number of carbonyl (C=O) groups excluding carboxylic acids is 1. The van der Waals surface area contributed by atoms with Gasteiger partial charge in [-0.3, -0.25) is 4.79 Å². The van der Waals surface area contributed by atoms with E-state index < -0.39 is 15.4 Å². The summed E-state index contributed by atoms with van der Waals surface area (Å²) in [4.78, 5) is 13.7. The third-order valence-corrected chi connectivity index (χ3v) is 8.82. The van der Waals surface area contributed by atoms with E-state index in [9.17, 15) is 13.2 Å². The predicted octanol–water partition coefficient (Wildman–Crippen LogP) is 4.24. The lowest BCUT2D eigenvalue weighted by atomic mass is 9.85. The summed E-state index contributed by atoms with van der Waals surface area (Å²) in [5.74, 6) is 0.166. The highest BCUT2D eigenvalue weighted by molar-refractivity contribution is 7.89. The molecule has 36 heavy (non-hydrogen) atoms. The van der Waals surface area contributed by atoms with Crippen LogP contribution in [-0.2, 0) is 26.0 Å². The van der Waals surface area contributed by atoms with E-state index in [2.05, 4.69) is 5.32 Å². The molecule has 1 aliphatic carbocycles. The average molecular weight is 516 g/mol. The van der Waals surface area contributed by atoms with E-state index >= 15 is 0 Å². The van der Waals surface area contributed by atoms with Gasteiger partial charge in [-0.25, -0.2) is 8.42 Å². The smallest absolute Gasteiger partial charge is 0.243 e.